The first-order valence-electron chi connectivity index (χ1n) is 5.94. The maximum atomic E-state index is 6.20. The Morgan fingerprint density at radius 2 is 2.07 bits per heavy atom. The summed E-state index contributed by atoms with van der Waals surface area (Å²) < 4.78 is 0. The second-order valence-electron chi connectivity index (χ2n) is 5.13. The molecule has 5 atom stereocenters. The van der Waals surface area contributed by atoms with Crippen LogP contribution in [0.25, 0.3) is 0 Å². The smallest absolute Gasteiger partial charge is 0.0677 e. The van der Waals surface area contributed by atoms with Gasteiger partial charge in [-0.3, -0.25) is 0 Å². The molecule has 2 heteroatoms. The van der Waals surface area contributed by atoms with Gasteiger partial charge in [-0.1, -0.05) is 37.1 Å². The van der Waals surface area contributed by atoms with Crippen molar-refractivity contribution in [3.05, 3.63) is 24.3 Å². The van der Waals surface area contributed by atoms with Gasteiger partial charge in [-0.15, -0.1) is 0 Å². The monoisotopic (exact) mass is 209 g/mol. The van der Waals surface area contributed by atoms with Crippen LogP contribution in [0.1, 0.15) is 13.3 Å². The highest BCUT2D eigenvalue weighted by Crippen LogP contribution is 2.46. The van der Waals surface area contributed by atoms with E-state index in [1.165, 1.54) is 12.7 Å². The van der Waals surface area contributed by atoms with Crippen molar-refractivity contribution < 1.29 is 0 Å². The van der Waals surface area contributed by atoms with Crippen molar-refractivity contribution in [3.8, 4) is 0 Å². The second-order valence-corrected chi connectivity index (χ2v) is 6.05. The highest BCUT2D eigenvalue weighted by molar-refractivity contribution is 7.06. The average molecular weight is 210 g/mol. The first kappa shape index (κ1) is 10.4. The summed E-state index contributed by atoms with van der Waals surface area (Å²) in [6.07, 6.45) is 11.4. The topological polar surface area (TPSA) is 0 Å². The van der Waals surface area contributed by atoms with E-state index in [1.807, 2.05) is 0 Å². The van der Waals surface area contributed by atoms with Crippen LogP contribution in [0.15, 0.2) is 24.3 Å². The zero-order chi connectivity index (χ0) is 10.1. The van der Waals surface area contributed by atoms with Gasteiger partial charge in [-0.25, -0.2) is 0 Å². The molecule has 2 aliphatic rings. The fourth-order valence-corrected chi connectivity index (χ4v) is 3.54. The molecule has 14 heavy (non-hydrogen) atoms. The SMILES string of the molecule is C[BH-](Cl)CC1C(C)CC2C=CC=CC21. The van der Waals surface area contributed by atoms with Crippen molar-refractivity contribution in [2.45, 2.75) is 26.5 Å². The van der Waals surface area contributed by atoms with Crippen LogP contribution >= 0.6 is 11.5 Å². The third-order valence-electron chi connectivity index (χ3n) is 3.90. The molecule has 0 aromatic carbocycles. The molecule has 1 fully saturated rings. The molecular weight excluding hydrogens is 190 g/mol. The summed E-state index contributed by atoms with van der Waals surface area (Å²) in [6.45, 7) is 4.59. The summed E-state index contributed by atoms with van der Waals surface area (Å²) in [4.78, 5) is 0. The molecule has 0 radical (unpaired) electrons. The van der Waals surface area contributed by atoms with Crippen molar-refractivity contribution in [2.75, 3.05) is 0 Å². The molecule has 0 heterocycles. The summed E-state index contributed by atoms with van der Waals surface area (Å²) >= 11 is 6.20. The van der Waals surface area contributed by atoms with Crippen molar-refractivity contribution in [3.63, 3.8) is 0 Å². The van der Waals surface area contributed by atoms with E-state index in [1.54, 1.807) is 0 Å². The van der Waals surface area contributed by atoms with Crippen LogP contribution < -0.4 is 0 Å². The summed E-state index contributed by atoms with van der Waals surface area (Å²) in [5.41, 5.74) is 0. The van der Waals surface area contributed by atoms with E-state index < -0.39 is 6.13 Å². The van der Waals surface area contributed by atoms with Gasteiger partial charge >= 0.3 is 0 Å². The Kier molecular flexibility index (Phi) is 3.06. The lowest BCUT2D eigenvalue weighted by Crippen LogP contribution is -2.18. The average Bonchev–Trinajstić information content (AvgIpc) is 2.43. The maximum absolute atomic E-state index is 6.20. The van der Waals surface area contributed by atoms with Crippen LogP contribution in [0.4, 0.5) is 0 Å². The molecule has 0 nitrogen and oxygen atoms in total. The van der Waals surface area contributed by atoms with E-state index in [4.69, 9.17) is 11.5 Å². The van der Waals surface area contributed by atoms with Gasteiger partial charge in [0, 0.05) is 0 Å². The van der Waals surface area contributed by atoms with Crippen LogP contribution in [0.3, 0.4) is 0 Å². The molecule has 0 spiro atoms. The number of allylic oxidation sites excluding steroid dienone is 4. The summed E-state index contributed by atoms with van der Waals surface area (Å²) in [5, 5.41) is 0. The predicted octanol–water partition coefficient (Wildman–Crippen LogP) is 3.59. The van der Waals surface area contributed by atoms with Gasteiger partial charge in [0.05, 0.1) is 6.13 Å². The second kappa shape index (κ2) is 4.14. The quantitative estimate of drug-likeness (QED) is 0.610. The van der Waals surface area contributed by atoms with Gasteiger partial charge in [0.15, 0.2) is 0 Å². The van der Waals surface area contributed by atoms with Crippen molar-refractivity contribution in [2.24, 2.45) is 23.7 Å². The molecule has 2 aliphatic carbocycles. The minimum Gasteiger partial charge on any atom is -0.395 e. The number of hydrogen-bond donors (Lipinski definition) is 0. The Morgan fingerprint density at radius 1 is 1.36 bits per heavy atom. The van der Waals surface area contributed by atoms with Crippen molar-refractivity contribution >= 4 is 17.6 Å². The molecular formula is C12H19BCl-. The number of halogens is 1. The minimum atomic E-state index is -0.421. The van der Waals surface area contributed by atoms with Crippen LogP contribution in [-0.4, -0.2) is 6.13 Å². The molecule has 0 bridgehead atoms. The van der Waals surface area contributed by atoms with E-state index in [-0.39, 0.29) is 0 Å². The fraction of sp³-hybridized carbons (Fsp3) is 0.667. The zero-order valence-corrected chi connectivity index (χ0v) is 9.87. The molecule has 0 saturated heterocycles. The van der Waals surface area contributed by atoms with Crippen LogP contribution in [0.5, 0.6) is 0 Å². The Morgan fingerprint density at radius 3 is 2.79 bits per heavy atom. The zero-order valence-electron chi connectivity index (χ0n) is 9.12. The Labute approximate surface area is 92.4 Å². The Balaban J connectivity index is 2.09. The predicted molar refractivity (Wildman–Crippen MR) is 66.2 cm³/mol. The first-order chi connectivity index (χ1) is 6.68. The third kappa shape index (κ3) is 1.93. The van der Waals surface area contributed by atoms with E-state index in [2.05, 4.69) is 38.1 Å². The molecule has 0 aromatic rings. The van der Waals surface area contributed by atoms with E-state index in [0.717, 1.165) is 23.7 Å². The van der Waals surface area contributed by atoms with E-state index in [9.17, 15) is 0 Å². The summed E-state index contributed by atoms with van der Waals surface area (Å²) in [5.74, 6) is 3.27. The number of hydrogen-bond acceptors (Lipinski definition) is 0. The van der Waals surface area contributed by atoms with E-state index >= 15 is 0 Å². The third-order valence-corrected chi connectivity index (χ3v) is 4.12. The Bertz CT molecular complexity index is 257. The van der Waals surface area contributed by atoms with Crippen LogP contribution in [-0.2, 0) is 0 Å². The minimum absolute atomic E-state index is 0.421. The molecule has 78 valence electrons. The molecule has 0 aromatic heterocycles. The lowest BCUT2D eigenvalue weighted by atomic mass is 9.65. The standard InChI is InChI=1S/C12H19BCl/c1-9-7-10-5-3-4-6-11(10)12(9)8-13(2)14/h3-6,9-13H,7-8H2,1-2H3/q-1. The first-order valence-corrected chi connectivity index (χ1v) is 6.48. The van der Waals surface area contributed by atoms with Gasteiger partial charge in [-0.2, -0.15) is 13.1 Å². The molecule has 0 N–H and O–H groups in total. The Hall–Kier alpha value is -0.165. The van der Waals surface area contributed by atoms with Crippen molar-refractivity contribution in [1.82, 2.24) is 0 Å². The molecule has 1 saturated carbocycles. The normalized spacial score (nSPS) is 42.5. The lowest BCUT2D eigenvalue weighted by molar-refractivity contribution is 0.394. The summed E-state index contributed by atoms with van der Waals surface area (Å²) in [7, 11) is 0. The maximum Gasteiger partial charge on any atom is 0.0677 e. The number of rotatable bonds is 2. The van der Waals surface area contributed by atoms with Gasteiger partial charge < -0.3 is 11.5 Å². The van der Waals surface area contributed by atoms with Gasteiger partial charge in [0.2, 0.25) is 0 Å². The van der Waals surface area contributed by atoms with Crippen LogP contribution in [0.2, 0.25) is 13.1 Å². The largest absolute Gasteiger partial charge is 0.395 e. The molecule has 2 rings (SSSR count). The fourth-order valence-electron chi connectivity index (χ4n) is 3.29. The van der Waals surface area contributed by atoms with Gasteiger partial charge in [-0.05, 0) is 24.2 Å². The number of fused-ring (bicyclic) bond motifs is 1. The lowest BCUT2D eigenvalue weighted by Gasteiger charge is -2.27. The molecule has 0 amide bonds. The van der Waals surface area contributed by atoms with Gasteiger partial charge in [0.1, 0.15) is 0 Å². The molecule has 5 unspecified atom stereocenters. The van der Waals surface area contributed by atoms with Crippen molar-refractivity contribution in [1.29, 1.82) is 0 Å². The molecule has 0 aliphatic heterocycles. The highest BCUT2D eigenvalue weighted by Gasteiger charge is 2.37. The van der Waals surface area contributed by atoms with Crippen LogP contribution in [0, 0.1) is 23.7 Å². The van der Waals surface area contributed by atoms with E-state index in [0.29, 0.717) is 0 Å². The van der Waals surface area contributed by atoms with Gasteiger partial charge in [0.25, 0.3) is 0 Å². The summed E-state index contributed by atoms with van der Waals surface area (Å²) in [6, 6.07) is 0. The highest BCUT2D eigenvalue weighted by atomic mass is 35.5.